The van der Waals surface area contributed by atoms with Crippen molar-refractivity contribution in [1.82, 2.24) is 9.88 Å². The Kier molecular flexibility index (Phi) is 5.19. The number of carbonyl (C=O) groups excluding carboxylic acids is 1. The van der Waals surface area contributed by atoms with Gasteiger partial charge in [0.25, 0.3) is 5.91 Å². The minimum absolute atomic E-state index is 0.0771. The maximum absolute atomic E-state index is 12.7. The van der Waals surface area contributed by atoms with E-state index in [4.69, 9.17) is 16.0 Å². The molecule has 0 unspecified atom stereocenters. The van der Waals surface area contributed by atoms with Crippen molar-refractivity contribution in [3.63, 3.8) is 0 Å². The number of furan rings is 1. The predicted molar refractivity (Wildman–Crippen MR) is 101 cm³/mol. The van der Waals surface area contributed by atoms with Crippen molar-refractivity contribution in [2.24, 2.45) is 5.92 Å². The minimum Gasteiger partial charge on any atom is -0.460 e. The van der Waals surface area contributed by atoms with E-state index in [1.54, 1.807) is 0 Å². The van der Waals surface area contributed by atoms with Crippen LogP contribution < -0.4 is 5.32 Å². The number of rotatable bonds is 6. The lowest BCUT2D eigenvalue weighted by atomic mass is 10.1. The Morgan fingerprint density at radius 2 is 2.08 bits per heavy atom. The molecule has 5 heteroatoms. The summed E-state index contributed by atoms with van der Waals surface area (Å²) in [5.41, 5.74) is 3.30. The van der Waals surface area contributed by atoms with Crippen LogP contribution in [0.15, 0.2) is 40.8 Å². The molecule has 4 nitrogen and oxygen atoms in total. The third-order valence-corrected chi connectivity index (χ3v) is 4.42. The van der Waals surface area contributed by atoms with Crippen LogP contribution in [0.2, 0.25) is 5.02 Å². The number of aromatic nitrogens is 1. The van der Waals surface area contributed by atoms with Crippen LogP contribution in [0.1, 0.15) is 42.1 Å². The normalized spacial score (nSPS) is 11.4. The van der Waals surface area contributed by atoms with Crippen LogP contribution in [-0.4, -0.2) is 17.0 Å². The van der Waals surface area contributed by atoms with E-state index >= 15 is 0 Å². The summed E-state index contributed by atoms with van der Waals surface area (Å²) in [5, 5.41) is 3.69. The molecule has 0 spiro atoms. The van der Waals surface area contributed by atoms with Crippen molar-refractivity contribution < 1.29 is 9.21 Å². The first-order valence-electron chi connectivity index (χ1n) is 8.56. The summed E-state index contributed by atoms with van der Waals surface area (Å²) >= 11 is 6.10. The lowest BCUT2D eigenvalue weighted by molar-refractivity contribution is 0.0943. The fourth-order valence-electron chi connectivity index (χ4n) is 2.91. The number of benzene rings is 1. The van der Waals surface area contributed by atoms with Gasteiger partial charge in [0, 0.05) is 30.2 Å². The van der Waals surface area contributed by atoms with E-state index in [2.05, 4.69) is 19.2 Å². The SMILES string of the molecule is Cc1cc2c(cc(C(=O)NCCC(C)C)n2Cc2cccc(Cl)c2)o1. The topological polar surface area (TPSA) is 47.2 Å². The van der Waals surface area contributed by atoms with E-state index < -0.39 is 0 Å². The second-order valence-electron chi connectivity index (χ2n) is 6.79. The summed E-state index contributed by atoms with van der Waals surface area (Å²) in [6.45, 7) is 7.43. The molecular formula is C20H23ClN2O2. The number of halogens is 1. The highest BCUT2D eigenvalue weighted by molar-refractivity contribution is 6.30. The summed E-state index contributed by atoms with van der Waals surface area (Å²) in [6.07, 6.45) is 0.954. The highest BCUT2D eigenvalue weighted by Crippen LogP contribution is 2.25. The molecule has 0 bridgehead atoms. The van der Waals surface area contributed by atoms with Crippen molar-refractivity contribution in [1.29, 1.82) is 0 Å². The van der Waals surface area contributed by atoms with E-state index in [1.165, 1.54) is 0 Å². The molecule has 1 amide bonds. The van der Waals surface area contributed by atoms with Crippen LogP contribution in [-0.2, 0) is 6.54 Å². The van der Waals surface area contributed by atoms with Gasteiger partial charge in [-0.25, -0.2) is 0 Å². The summed E-state index contributed by atoms with van der Waals surface area (Å²) in [5.74, 6) is 1.31. The van der Waals surface area contributed by atoms with Gasteiger partial charge in [-0.05, 0) is 37.0 Å². The van der Waals surface area contributed by atoms with Gasteiger partial charge in [-0.15, -0.1) is 0 Å². The van der Waals surface area contributed by atoms with Gasteiger partial charge in [0.05, 0.1) is 5.52 Å². The van der Waals surface area contributed by atoms with Gasteiger partial charge in [-0.1, -0.05) is 37.6 Å². The molecule has 1 N–H and O–H groups in total. The van der Waals surface area contributed by atoms with E-state index in [1.807, 2.05) is 47.9 Å². The van der Waals surface area contributed by atoms with Crippen LogP contribution >= 0.6 is 11.6 Å². The summed E-state index contributed by atoms with van der Waals surface area (Å²) < 4.78 is 7.70. The van der Waals surface area contributed by atoms with Crippen molar-refractivity contribution in [2.45, 2.75) is 33.7 Å². The quantitative estimate of drug-likeness (QED) is 0.672. The number of fused-ring (bicyclic) bond motifs is 1. The average Bonchev–Trinajstić information content (AvgIpc) is 3.04. The summed E-state index contributed by atoms with van der Waals surface area (Å²) in [7, 11) is 0. The summed E-state index contributed by atoms with van der Waals surface area (Å²) in [6, 6.07) is 11.5. The highest BCUT2D eigenvalue weighted by atomic mass is 35.5. The third kappa shape index (κ3) is 4.07. The molecule has 0 atom stereocenters. The zero-order valence-electron chi connectivity index (χ0n) is 14.8. The van der Waals surface area contributed by atoms with Crippen molar-refractivity contribution in [3.05, 3.63) is 58.4 Å². The van der Waals surface area contributed by atoms with Crippen molar-refractivity contribution in [2.75, 3.05) is 6.54 Å². The van der Waals surface area contributed by atoms with Gasteiger partial charge in [-0.3, -0.25) is 4.79 Å². The zero-order chi connectivity index (χ0) is 18.0. The fourth-order valence-corrected chi connectivity index (χ4v) is 3.12. The smallest absolute Gasteiger partial charge is 0.268 e. The Hall–Kier alpha value is -2.20. The monoisotopic (exact) mass is 358 g/mol. The second-order valence-corrected chi connectivity index (χ2v) is 7.23. The van der Waals surface area contributed by atoms with Crippen LogP contribution in [0.4, 0.5) is 0 Å². The first kappa shape index (κ1) is 17.6. The molecule has 132 valence electrons. The molecule has 3 aromatic rings. The Morgan fingerprint density at radius 3 is 2.80 bits per heavy atom. The van der Waals surface area contributed by atoms with Crippen LogP contribution in [0.5, 0.6) is 0 Å². The molecule has 0 aliphatic heterocycles. The van der Waals surface area contributed by atoms with E-state index in [-0.39, 0.29) is 5.91 Å². The van der Waals surface area contributed by atoms with E-state index in [9.17, 15) is 4.79 Å². The van der Waals surface area contributed by atoms with Crippen LogP contribution in [0.3, 0.4) is 0 Å². The zero-order valence-corrected chi connectivity index (χ0v) is 15.6. The average molecular weight is 359 g/mol. The number of hydrogen-bond acceptors (Lipinski definition) is 2. The van der Waals surface area contributed by atoms with Gasteiger partial charge < -0.3 is 14.3 Å². The Labute approximate surface area is 152 Å². The molecular weight excluding hydrogens is 336 g/mol. The number of hydrogen-bond donors (Lipinski definition) is 1. The fraction of sp³-hybridized carbons (Fsp3) is 0.350. The lowest BCUT2D eigenvalue weighted by Crippen LogP contribution is -2.27. The Morgan fingerprint density at radius 1 is 1.28 bits per heavy atom. The molecule has 0 aliphatic carbocycles. The first-order chi connectivity index (χ1) is 11.9. The molecule has 25 heavy (non-hydrogen) atoms. The molecule has 3 rings (SSSR count). The molecule has 2 heterocycles. The molecule has 2 aromatic heterocycles. The van der Waals surface area contributed by atoms with Crippen molar-refractivity contribution in [3.8, 4) is 0 Å². The van der Waals surface area contributed by atoms with Gasteiger partial charge in [0.1, 0.15) is 11.5 Å². The van der Waals surface area contributed by atoms with Crippen molar-refractivity contribution >= 4 is 28.6 Å². The minimum atomic E-state index is -0.0771. The Bertz CT molecular complexity index is 892. The highest BCUT2D eigenvalue weighted by Gasteiger charge is 2.18. The van der Waals surface area contributed by atoms with Gasteiger partial charge in [0.15, 0.2) is 5.58 Å². The first-order valence-corrected chi connectivity index (χ1v) is 8.94. The molecule has 1 aromatic carbocycles. The second kappa shape index (κ2) is 7.36. The van der Waals surface area contributed by atoms with Crippen LogP contribution in [0, 0.1) is 12.8 Å². The van der Waals surface area contributed by atoms with Crippen LogP contribution in [0.25, 0.3) is 11.1 Å². The number of amides is 1. The number of aryl methyl sites for hydroxylation is 1. The number of carbonyl (C=O) groups is 1. The molecule has 0 saturated heterocycles. The molecule has 0 aliphatic rings. The Balaban J connectivity index is 1.92. The maximum atomic E-state index is 12.7. The maximum Gasteiger partial charge on any atom is 0.268 e. The van der Waals surface area contributed by atoms with E-state index in [0.29, 0.717) is 29.7 Å². The van der Waals surface area contributed by atoms with Gasteiger partial charge >= 0.3 is 0 Å². The lowest BCUT2D eigenvalue weighted by Gasteiger charge is -2.12. The van der Waals surface area contributed by atoms with Gasteiger partial charge in [-0.2, -0.15) is 0 Å². The number of nitrogens with one attached hydrogen (secondary N) is 1. The standard InChI is InChI=1S/C20H23ClN2O2/c1-13(2)7-8-22-20(24)18-11-19-17(9-14(3)25-19)23(18)12-15-5-4-6-16(21)10-15/h4-6,9-11,13H,7-8,12H2,1-3H3,(H,22,24). The molecule has 0 radical (unpaired) electrons. The predicted octanol–water partition coefficient (Wildman–Crippen LogP) is 5.02. The number of nitrogens with zero attached hydrogens (tertiary/aromatic N) is 1. The van der Waals surface area contributed by atoms with E-state index in [0.717, 1.165) is 28.8 Å². The molecule has 0 fully saturated rings. The molecule has 0 saturated carbocycles. The largest absolute Gasteiger partial charge is 0.460 e. The third-order valence-electron chi connectivity index (χ3n) is 4.18. The van der Waals surface area contributed by atoms with Gasteiger partial charge in [0.2, 0.25) is 0 Å². The summed E-state index contributed by atoms with van der Waals surface area (Å²) in [4.78, 5) is 12.7.